The summed E-state index contributed by atoms with van der Waals surface area (Å²) in [7, 11) is 0. The molecule has 0 aliphatic heterocycles. The second kappa shape index (κ2) is 7.94. The third-order valence-corrected chi connectivity index (χ3v) is 5.91. The number of hydrogen-bond acceptors (Lipinski definition) is 6. The van der Waals surface area contributed by atoms with Crippen LogP contribution < -0.4 is 0 Å². The van der Waals surface area contributed by atoms with Crippen LogP contribution in [-0.4, -0.2) is 19.7 Å². The highest BCUT2D eigenvalue weighted by molar-refractivity contribution is 7.98. The van der Waals surface area contributed by atoms with Gasteiger partial charge in [-0.05, 0) is 19.1 Å². The van der Waals surface area contributed by atoms with Gasteiger partial charge in [-0.1, -0.05) is 47.7 Å². The van der Waals surface area contributed by atoms with Crippen LogP contribution in [0.3, 0.4) is 0 Å². The third-order valence-electron chi connectivity index (χ3n) is 3.97. The largest absolute Gasteiger partial charge is 0.461 e. The molecule has 0 atom stereocenters. The zero-order valence-corrected chi connectivity index (χ0v) is 16.5. The first-order chi connectivity index (χ1) is 13.2. The van der Waals surface area contributed by atoms with E-state index >= 15 is 0 Å². The van der Waals surface area contributed by atoms with E-state index in [0.717, 1.165) is 27.2 Å². The number of aromatic nitrogens is 4. The fourth-order valence-corrected chi connectivity index (χ4v) is 4.39. The number of hydrogen-bond donors (Lipinski definition) is 0. The molecule has 1 aromatic carbocycles. The van der Waals surface area contributed by atoms with Gasteiger partial charge in [-0.25, -0.2) is 4.98 Å². The molecule has 0 unspecified atom stereocenters. The number of thiazole rings is 1. The Morgan fingerprint density at radius 1 is 1.22 bits per heavy atom. The summed E-state index contributed by atoms with van der Waals surface area (Å²) in [6.07, 6.45) is 3.47. The number of nitrogens with zero attached hydrogens (tertiary/aromatic N) is 4. The van der Waals surface area contributed by atoms with Crippen molar-refractivity contribution in [1.82, 2.24) is 19.7 Å². The van der Waals surface area contributed by atoms with E-state index in [4.69, 9.17) is 9.40 Å². The molecule has 0 bridgehead atoms. The summed E-state index contributed by atoms with van der Waals surface area (Å²) in [5.41, 5.74) is 3.44. The first-order valence-corrected chi connectivity index (χ1v) is 10.3. The van der Waals surface area contributed by atoms with E-state index in [2.05, 4.69) is 53.3 Å². The van der Waals surface area contributed by atoms with Crippen molar-refractivity contribution in [1.29, 1.82) is 0 Å². The summed E-state index contributed by atoms with van der Waals surface area (Å²) >= 11 is 3.28. The number of allylic oxidation sites excluding steroid dienone is 1. The van der Waals surface area contributed by atoms with Crippen molar-refractivity contribution in [2.24, 2.45) is 0 Å². The molecule has 5 nitrogen and oxygen atoms in total. The summed E-state index contributed by atoms with van der Waals surface area (Å²) in [5, 5.41) is 12.6. The zero-order valence-electron chi connectivity index (χ0n) is 14.8. The van der Waals surface area contributed by atoms with E-state index in [1.165, 1.54) is 5.56 Å². The van der Waals surface area contributed by atoms with Crippen molar-refractivity contribution >= 4 is 23.1 Å². The van der Waals surface area contributed by atoms with Crippen LogP contribution in [0.2, 0.25) is 0 Å². The fraction of sp³-hybridized carbons (Fsp3) is 0.150. The second-order valence-electron chi connectivity index (χ2n) is 5.98. The van der Waals surface area contributed by atoms with Crippen LogP contribution >= 0.6 is 23.1 Å². The van der Waals surface area contributed by atoms with Crippen LogP contribution in [0.15, 0.2) is 70.3 Å². The molecule has 136 valence electrons. The Morgan fingerprint density at radius 2 is 2.07 bits per heavy atom. The molecule has 4 rings (SSSR count). The van der Waals surface area contributed by atoms with Gasteiger partial charge in [0.15, 0.2) is 10.9 Å². The average molecular weight is 395 g/mol. The highest BCUT2D eigenvalue weighted by Gasteiger charge is 2.16. The lowest BCUT2D eigenvalue weighted by atomic mass is 10.2. The topological polar surface area (TPSA) is 56.7 Å². The van der Waals surface area contributed by atoms with E-state index in [1.807, 2.05) is 22.8 Å². The Hall–Kier alpha value is -2.64. The minimum atomic E-state index is 0.622. The van der Waals surface area contributed by atoms with E-state index in [0.29, 0.717) is 18.1 Å². The molecule has 4 aromatic rings. The number of aryl methyl sites for hydroxylation is 1. The summed E-state index contributed by atoms with van der Waals surface area (Å²) in [6, 6.07) is 12.2. The molecule has 7 heteroatoms. The predicted molar refractivity (Wildman–Crippen MR) is 110 cm³/mol. The molecular weight excluding hydrogens is 376 g/mol. The van der Waals surface area contributed by atoms with E-state index in [9.17, 15) is 0 Å². The lowest BCUT2D eigenvalue weighted by Crippen LogP contribution is -2.00. The molecule has 0 N–H and O–H groups in total. The van der Waals surface area contributed by atoms with Gasteiger partial charge >= 0.3 is 0 Å². The Bertz CT molecular complexity index is 1030. The fourth-order valence-electron chi connectivity index (χ4n) is 2.62. The maximum absolute atomic E-state index is 5.47. The molecule has 0 aliphatic carbocycles. The Morgan fingerprint density at radius 3 is 2.81 bits per heavy atom. The smallest absolute Gasteiger partial charge is 0.200 e. The number of furan rings is 1. The number of rotatable bonds is 7. The average Bonchev–Trinajstić information content (AvgIpc) is 3.42. The van der Waals surface area contributed by atoms with Gasteiger partial charge < -0.3 is 4.42 Å². The van der Waals surface area contributed by atoms with Crippen molar-refractivity contribution in [3.8, 4) is 22.2 Å². The molecule has 3 aromatic heterocycles. The lowest BCUT2D eigenvalue weighted by molar-refractivity contribution is 0.569. The first-order valence-electron chi connectivity index (χ1n) is 8.47. The van der Waals surface area contributed by atoms with Crippen LogP contribution in [-0.2, 0) is 12.3 Å². The molecule has 0 fully saturated rings. The van der Waals surface area contributed by atoms with Crippen LogP contribution in [0.4, 0.5) is 0 Å². The zero-order chi connectivity index (χ0) is 18.6. The highest BCUT2D eigenvalue weighted by atomic mass is 32.2. The van der Waals surface area contributed by atoms with Crippen molar-refractivity contribution in [3.63, 3.8) is 0 Å². The normalized spacial score (nSPS) is 11.0. The number of thioether (sulfide) groups is 1. The van der Waals surface area contributed by atoms with Gasteiger partial charge in [-0.15, -0.1) is 28.1 Å². The SMILES string of the molecule is C=CCn1c(SCc2csc(-c3ccc(C)cc3)n2)nnc1-c1ccco1. The summed E-state index contributed by atoms with van der Waals surface area (Å²) in [5.74, 6) is 2.14. The molecule has 0 saturated heterocycles. The summed E-state index contributed by atoms with van der Waals surface area (Å²) in [6.45, 7) is 6.54. The van der Waals surface area contributed by atoms with Gasteiger partial charge in [-0.2, -0.15) is 0 Å². The van der Waals surface area contributed by atoms with Crippen molar-refractivity contribution < 1.29 is 4.42 Å². The molecule has 0 spiro atoms. The first kappa shape index (κ1) is 17.8. The van der Waals surface area contributed by atoms with Gasteiger partial charge in [0.05, 0.1) is 12.0 Å². The molecule has 0 saturated carbocycles. The van der Waals surface area contributed by atoms with Crippen LogP contribution in [0.25, 0.3) is 22.2 Å². The maximum atomic E-state index is 5.47. The van der Waals surface area contributed by atoms with Gasteiger partial charge in [0.2, 0.25) is 5.82 Å². The molecule has 27 heavy (non-hydrogen) atoms. The van der Waals surface area contributed by atoms with Crippen molar-refractivity contribution in [2.45, 2.75) is 24.4 Å². The van der Waals surface area contributed by atoms with Crippen molar-refractivity contribution in [3.05, 3.63) is 72.0 Å². The van der Waals surface area contributed by atoms with E-state index in [1.54, 1.807) is 29.4 Å². The van der Waals surface area contributed by atoms with Gasteiger partial charge in [-0.3, -0.25) is 4.57 Å². The monoisotopic (exact) mass is 394 g/mol. The van der Waals surface area contributed by atoms with E-state index in [-0.39, 0.29) is 0 Å². The highest BCUT2D eigenvalue weighted by Crippen LogP contribution is 2.29. The van der Waals surface area contributed by atoms with Gasteiger partial charge in [0.25, 0.3) is 0 Å². The molecule has 0 amide bonds. The molecule has 3 heterocycles. The molecule has 0 radical (unpaired) electrons. The number of benzene rings is 1. The van der Waals surface area contributed by atoms with Crippen LogP contribution in [0.1, 0.15) is 11.3 Å². The van der Waals surface area contributed by atoms with Gasteiger partial charge in [0, 0.05) is 23.2 Å². The Labute approximate surface area is 165 Å². The Balaban J connectivity index is 1.51. The lowest BCUT2D eigenvalue weighted by Gasteiger charge is -2.05. The minimum absolute atomic E-state index is 0.622. The molecular formula is C20H18N4OS2. The van der Waals surface area contributed by atoms with Gasteiger partial charge in [0.1, 0.15) is 5.01 Å². The standard InChI is InChI=1S/C20H18N4OS2/c1-3-10-24-18(17-5-4-11-25-17)22-23-20(24)27-13-16-12-26-19(21-16)15-8-6-14(2)7-9-15/h3-9,11-12H,1,10,13H2,2H3. The van der Waals surface area contributed by atoms with Crippen LogP contribution in [0.5, 0.6) is 0 Å². The maximum Gasteiger partial charge on any atom is 0.200 e. The summed E-state index contributed by atoms with van der Waals surface area (Å²) < 4.78 is 7.47. The van der Waals surface area contributed by atoms with Crippen molar-refractivity contribution in [2.75, 3.05) is 0 Å². The third kappa shape index (κ3) is 3.89. The quantitative estimate of drug-likeness (QED) is 0.308. The molecule has 0 aliphatic rings. The minimum Gasteiger partial charge on any atom is -0.461 e. The van der Waals surface area contributed by atoms with Crippen LogP contribution in [0, 0.1) is 6.92 Å². The summed E-state index contributed by atoms with van der Waals surface area (Å²) in [4.78, 5) is 4.76. The second-order valence-corrected chi connectivity index (χ2v) is 7.78. The van der Waals surface area contributed by atoms with E-state index < -0.39 is 0 Å². The predicted octanol–water partition coefficient (Wildman–Crippen LogP) is 5.45. The Kier molecular flexibility index (Phi) is 5.22.